The van der Waals surface area contributed by atoms with E-state index in [1.807, 2.05) is 0 Å². The fourth-order valence-electron chi connectivity index (χ4n) is 3.87. The fraction of sp³-hybridized carbons (Fsp3) is 0.926. The highest BCUT2D eigenvalue weighted by Crippen LogP contribution is 2.43. The SMILES string of the molecule is CCCCCC(=O)CCCCCCCCCCCOCC(COP(=O)(O)OC[C@H](C(=O)O)[N+](C)(C)C)OC. The molecule has 0 aromatic rings. The molecule has 0 spiro atoms. The summed E-state index contributed by atoms with van der Waals surface area (Å²) in [6.07, 6.45) is 14.5. The molecule has 0 heterocycles. The van der Waals surface area contributed by atoms with E-state index in [1.165, 1.54) is 32.8 Å². The summed E-state index contributed by atoms with van der Waals surface area (Å²) in [5.74, 6) is -0.702. The average Bonchev–Trinajstić information content (AvgIpc) is 2.83. The first kappa shape index (κ1) is 37.1. The first-order valence-corrected chi connectivity index (χ1v) is 15.7. The maximum Gasteiger partial charge on any atom is 0.472 e. The highest BCUT2D eigenvalue weighted by atomic mass is 31.2. The van der Waals surface area contributed by atoms with Gasteiger partial charge in [-0.15, -0.1) is 0 Å². The molecule has 11 heteroatoms. The fourth-order valence-corrected chi connectivity index (χ4v) is 4.62. The monoisotopic (exact) mass is 568 g/mol. The van der Waals surface area contributed by atoms with Crippen molar-refractivity contribution in [2.24, 2.45) is 0 Å². The van der Waals surface area contributed by atoms with Gasteiger partial charge in [0.15, 0.2) is 0 Å². The summed E-state index contributed by atoms with van der Waals surface area (Å²) in [5.41, 5.74) is 0. The minimum absolute atomic E-state index is 0.0341. The van der Waals surface area contributed by atoms with Gasteiger partial charge in [0, 0.05) is 26.6 Å². The van der Waals surface area contributed by atoms with Crippen LogP contribution >= 0.6 is 7.82 Å². The topological polar surface area (TPSA) is 129 Å². The third-order valence-corrected chi connectivity index (χ3v) is 7.43. The number of nitrogens with zero attached hydrogens (tertiary/aromatic N) is 1. The van der Waals surface area contributed by atoms with Crippen LogP contribution in [0.3, 0.4) is 0 Å². The van der Waals surface area contributed by atoms with Crippen LogP contribution in [0.4, 0.5) is 0 Å². The quantitative estimate of drug-likeness (QED) is 0.0764. The van der Waals surface area contributed by atoms with Crippen LogP contribution in [0.1, 0.15) is 96.8 Å². The number of carbonyl (C=O) groups excluding carboxylic acids is 1. The highest BCUT2D eigenvalue weighted by molar-refractivity contribution is 7.47. The van der Waals surface area contributed by atoms with E-state index in [0.29, 0.717) is 12.4 Å². The Morgan fingerprint density at radius 3 is 1.79 bits per heavy atom. The van der Waals surface area contributed by atoms with E-state index in [2.05, 4.69) is 6.92 Å². The van der Waals surface area contributed by atoms with Gasteiger partial charge in [-0.3, -0.25) is 13.8 Å². The first-order chi connectivity index (χ1) is 17.9. The molecule has 0 aliphatic rings. The van der Waals surface area contributed by atoms with Gasteiger partial charge < -0.3 is 24.0 Å². The van der Waals surface area contributed by atoms with E-state index >= 15 is 0 Å². The predicted octanol–water partition coefficient (Wildman–Crippen LogP) is 5.36. The van der Waals surface area contributed by atoms with Gasteiger partial charge in [-0.1, -0.05) is 64.7 Å². The molecule has 38 heavy (non-hydrogen) atoms. The number of aliphatic carboxylic acids is 1. The molecule has 0 radical (unpaired) electrons. The van der Waals surface area contributed by atoms with Crippen LogP contribution in [0.2, 0.25) is 0 Å². The lowest BCUT2D eigenvalue weighted by molar-refractivity contribution is -0.887. The van der Waals surface area contributed by atoms with Crippen LogP contribution < -0.4 is 0 Å². The molecule has 0 bridgehead atoms. The number of ketones is 1. The van der Waals surface area contributed by atoms with E-state index in [4.69, 9.17) is 18.5 Å². The summed E-state index contributed by atoms with van der Waals surface area (Å²) in [5, 5.41) is 9.29. The largest absolute Gasteiger partial charge is 0.477 e. The third kappa shape index (κ3) is 21.0. The maximum absolute atomic E-state index is 12.1. The second kappa shape index (κ2) is 21.9. The van der Waals surface area contributed by atoms with Crippen LogP contribution in [0.15, 0.2) is 0 Å². The van der Waals surface area contributed by atoms with Gasteiger partial charge in [-0.25, -0.2) is 9.36 Å². The second-order valence-electron chi connectivity index (χ2n) is 10.9. The number of rotatable bonds is 27. The van der Waals surface area contributed by atoms with Crippen molar-refractivity contribution in [3.8, 4) is 0 Å². The number of likely N-dealkylation sites (N-methyl/N-ethyl adjacent to an activating group) is 1. The van der Waals surface area contributed by atoms with Crippen molar-refractivity contribution < 1.29 is 47.2 Å². The Hall–Kier alpha value is -0.870. The van der Waals surface area contributed by atoms with E-state index in [9.17, 15) is 24.2 Å². The summed E-state index contributed by atoms with van der Waals surface area (Å²) in [4.78, 5) is 33.0. The summed E-state index contributed by atoms with van der Waals surface area (Å²) in [6, 6.07) is -1.01. The van der Waals surface area contributed by atoms with Gasteiger partial charge in [0.2, 0.25) is 6.04 Å². The number of carbonyl (C=O) groups is 2. The zero-order valence-corrected chi connectivity index (χ0v) is 25.4. The van der Waals surface area contributed by atoms with Crippen LogP contribution in [-0.2, 0) is 32.7 Å². The van der Waals surface area contributed by atoms with Gasteiger partial charge in [0.1, 0.15) is 18.5 Å². The molecule has 10 nitrogen and oxygen atoms in total. The van der Waals surface area contributed by atoms with Crippen molar-refractivity contribution in [2.75, 3.05) is 54.7 Å². The lowest BCUT2D eigenvalue weighted by Gasteiger charge is -2.31. The minimum Gasteiger partial charge on any atom is -0.477 e. The number of hydrogen-bond donors (Lipinski definition) is 2. The predicted molar refractivity (Wildman–Crippen MR) is 148 cm³/mol. The molecule has 0 aliphatic heterocycles. The number of phosphoric ester groups is 1. The molecule has 0 aliphatic carbocycles. The molecular weight excluding hydrogens is 513 g/mol. The number of quaternary nitrogens is 1. The molecule has 226 valence electrons. The number of phosphoric acid groups is 1. The summed E-state index contributed by atoms with van der Waals surface area (Å²) in [7, 11) is 2.02. The molecule has 3 atom stereocenters. The summed E-state index contributed by atoms with van der Waals surface area (Å²) < 4.78 is 32.9. The molecule has 2 unspecified atom stereocenters. The summed E-state index contributed by atoms with van der Waals surface area (Å²) >= 11 is 0. The number of methoxy groups -OCH3 is 1. The van der Waals surface area contributed by atoms with Crippen molar-refractivity contribution in [1.29, 1.82) is 0 Å². The van der Waals surface area contributed by atoms with Gasteiger partial charge in [-0.05, 0) is 19.3 Å². The average molecular weight is 569 g/mol. The van der Waals surface area contributed by atoms with E-state index < -0.39 is 32.5 Å². The minimum atomic E-state index is -4.43. The van der Waals surface area contributed by atoms with Crippen LogP contribution in [0.5, 0.6) is 0 Å². The molecule has 0 aromatic carbocycles. The number of hydrogen-bond acceptors (Lipinski definition) is 7. The van der Waals surface area contributed by atoms with Crippen LogP contribution in [0, 0.1) is 0 Å². The molecular formula is C27H55NO9P+. The van der Waals surface area contributed by atoms with Crippen molar-refractivity contribution in [1.82, 2.24) is 0 Å². The van der Waals surface area contributed by atoms with E-state index in [1.54, 1.807) is 21.1 Å². The normalized spacial score (nSPS) is 15.2. The van der Waals surface area contributed by atoms with Crippen molar-refractivity contribution in [3.63, 3.8) is 0 Å². The van der Waals surface area contributed by atoms with E-state index in [-0.39, 0.29) is 17.7 Å². The Morgan fingerprint density at radius 2 is 1.29 bits per heavy atom. The lowest BCUT2D eigenvalue weighted by Crippen LogP contribution is -2.52. The highest BCUT2D eigenvalue weighted by Gasteiger charge is 2.35. The van der Waals surface area contributed by atoms with Gasteiger partial charge >= 0.3 is 13.8 Å². The first-order valence-electron chi connectivity index (χ1n) is 14.2. The standard InChI is InChI=1S/C27H54NO9P/c1-6-7-15-18-24(29)19-16-13-11-9-8-10-12-14-17-20-35-21-25(34-5)22-36-38(32,33)37-23-26(27(30)31)28(2,3)4/h25-26H,6-23H2,1-5H3,(H-,30,31,32,33)/p+1/t25?,26-/m1/s1. The van der Waals surface area contributed by atoms with Crippen molar-refractivity contribution in [2.45, 2.75) is 109 Å². The van der Waals surface area contributed by atoms with Crippen molar-refractivity contribution in [3.05, 3.63) is 0 Å². The van der Waals surface area contributed by atoms with Gasteiger partial charge in [0.05, 0.1) is 34.4 Å². The van der Waals surface area contributed by atoms with Gasteiger partial charge in [-0.2, -0.15) is 0 Å². The molecule has 0 saturated carbocycles. The Labute approximate surface area is 230 Å². The zero-order valence-electron chi connectivity index (χ0n) is 24.5. The number of carboxylic acids is 1. The maximum atomic E-state index is 12.1. The zero-order chi connectivity index (χ0) is 28.9. The number of Topliss-reactive ketones (excluding diaryl/α,β-unsaturated/α-hetero) is 1. The third-order valence-electron chi connectivity index (χ3n) is 6.48. The number of carboxylic acid groups (broad SMARTS) is 1. The smallest absolute Gasteiger partial charge is 0.472 e. The van der Waals surface area contributed by atoms with Crippen LogP contribution in [0.25, 0.3) is 0 Å². The second-order valence-corrected chi connectivity index (χ2v) is 12.3. The Morgan fingerprint density at radius 1 is 0.789 bits per heavy atom. The van der Waals surface area contributed by atoms with Crippen molar-refractivity contribution >= 4 is 19.6 Å². The van der Waals surface area contributed by atoms with E-state index in [0.717, 1.165) is 64.2 Å². The molecule has 0 fully saturated rings. The number of unbranched alkanes of at least 4 members (excludes halogenated alkanes) is 10. The molecule has 0 aromatic heterocycles. The summed E-state index contributed by atoms with van der Waals surface area (Å²) in [6.45, 7) is 2.28. The Bertz CT molecular complexity index is 669. The Balaban J connectivity index is 3.78. The number of ether oxygens (including phenoxy) is 2. The molecule has 0 saturated heterocycles. The van der Waals surface area contributed by atoms with Gasteiger partial charge in [0.25, 0.3) is 0 Å². The lowest BCUT2D eigenvalue weighted by atomic mass is 10.0. The molecule has 0 rings (SSSR count). The molecule has 0 amide bonds. The Kier molecular flexibility index (Phi) is 21.4. The molecule has 2 N–H and O–H groups in total. The van der Waals surface area contributed by atoms with Crippen LogP contribution in [-0.4, -0.2) is 93.1 Å².